The largest absolute Gasteiger partial charge is 0.508 e. The Morgan fingerprint density at radius 1 is 0.972 bits per heavy atom. The number of fused-ring (bicyclic) bond motifs is 1. The van der Waals surface area contributed by atoms with E-state index in [-0.39, 0.29) is 24.6 Å². The summed E-state index contributed by atoms with van der Waals surface area (Å²) in [5.41, 5.74) is 3.91. The van der Waals surface area contributed by atoms with Crippen molar-refractivity contribution in [3.05, 3.63) is 88.4 Å². The average molecular weight is 504 g/mol. The Morgan fingerprint density at radius 3 is 2.36 bits per heavy atom. The lowest BCUT2D eigenvalue weighted by Crippen LogP contribution is -2.52. The van der Waals surface area contributed by atoms with Crippen molar-refractivity contribution < 1.29 is 14.7 Å². The summed E-state index contributed by atoms with van der Waals surface area (Å²) in [6.07, 6.45) is 0.281. The third-order valence-corrected chi connectivity index (χ3v) is 6.70. The van der Waals surface area contributed by atoms with Crippen molar-refractivity contribution in [3.8, 4) is 5.75 Å². The molecular weight excluding hydrogens is 478 g/mol. The van der Waals surface area contributed by atoms with Gasteiger partial charge in [-0.25, -0.2) is 4.79 Å². The summed E-state index contributed by atoms with van der Waals surface area (Å²) in [5.74, 6) is 0.752. The summed E-state index contributed by atoms with van der Waals surface area (Å²) >= 11 is 5.96. The molecule has 0 bridgehead atoms. The highest BCUT2D eigenvalue weighted by Gasteiger charge is 2.35. The third-order valence-electron chi connectivity index (χ3n) is 6.45. The number of hydrogen-bond acceptors (Lipinski definition) is 5. The quantitative estimate of drug-likeness (QED) is 0.493. The van der Waals surface area contributed by atoms with Crippen LogP contribution in [-0.2, 0) is 17.8 Å². The number of amides is 3. The smallest absolute Gasteiger partial charge is 0.322 e. The first-order valence-corrected chi connectivity index (χ1v) is 12.1. The van der Waals surface area contributed by atoms with Gasteiger partial charge < -0.3 is 25.5 Å². The normalized spacial score (nSPS) is 16.8. The molecule has 5 rings (SSSR count). The van der Waals surface area contributed by atoms with Crippen LogP contribution in [0.5, 0.6) is 5.75 Å². The minimum atomic E-state index is -0.767. The Balaban J connectivity index is 1.36. The fraction of sp³-hybridized carbons (Fsp3) is 0.222. The van der Waals surface area contributed by atoms with Gasteiger partial charge >= 0.3 is 6.03 Å². The highest BCUT2D eigenvalue weighted by Crippen LogP contribution is 2.28. The van der Waals surface area contributed by atoms with Crippen molar-refractivity contribution in [3.63, 3.8) is 0 Å². The minimum absolute atomic E-state index is 0.127. The molecule has 0 saturated heterocycles. The summed E-state index contributed by atoms with van der Waals surface area (Å²) in [5, 5.41) is 16.3. The van der Waals surface area contributed by atoms with E-state index in [1.54, 1.807) is 42.5 Å². The summed E-state index contributed by atoms with van der Waals surface area (Å²) in [7, 11) is 2.00. The molecule has 0 aliphatic carbocycles. The topological polar surface area (TPSA) is 97.3 Å². The summed E-state index contributed by atoms with van der Waals surface area (Å²) < 4.78 is 0. The maximum absolute atomic E-state index is 13.4. The zero-order valence-electron chi connectivity index (χ0n) is 19.7. The molecule has 3 amide bonds. The second-order valence-corrected chi connectivity index (χ2v) is 9.37. The van der Waals surface area contributed by atoms with Gasteiger partial charge in [0.2, 0.25) is 5.91 Å². The molecule has 3 aromatic carbocycles. The van der Waals surface area contributed by atoms with Crippen molar-refractivity contribution >= 4 is 40.7 Å². The van der Waals surface area contributed by atoms with E-state index in [0.717, 1.165) is 35.6 Å². The molecule has 36 heavy (non-hydrogen) atoms. The molecule has 184 valence electrons. The predicted octanol–water partition coefficient (Wildman–Crippen LogP) is 4.34. The number of phenols is 1. The van der Waals surface area contributed by atoms with Crippen LogP contribution >= 0.6 is 11.6 Å². The number of carbonyl (C=O) groups excluding carboxylic acids is 2. The lowest BCUT2D eigenvalue weighted by Gasteiger charge is -2.36. The van der Waals surface area contributed by atoms with Gasteiger partial charge in [-0.05, 0) is 71.8 Å². The molecule has 0 aromatic heterocycles. The molecule has 0 fully saturated rings. The molecule has 0 radical (unpaired) electrons. The highest BCUT2D eigenvalue weighted by molar-refractivity contribution is 6.30. The maximum Gasteiger partial charge on any atom is 0.322 e. The number of nitrogens with one attached hydrogen (secondary N) is 2. The van der Waals surface area contributed by atoms with E-state index in [0.29, 0.717) is 16.4 Å². The Morgan fingerprint density at radius 2 is 1.67 bits per heavy atom. The molecule has 1 unspecified atom stereocenters. The van der Waals surface area contributed by atoms with E-state index in [9.17, 15) is 14.7 Å². The number of hydrogen-bond donors (Lipinski definition) is 3. The molecule has 0 spiro atoms. The standard InChI is InChI=1S/C27H26ClN5O3/c1-32-13-12-29-25(32)17-2-7-21(8-3-17)30-26(35)24-15-19-14-23(34)11-4-18(19)16-33(24)27(36)31-22-9-5-20(28)6-10-22/h2-11,14,24,34H,12-13,15-16H2,1H3,(H,30,35)(H,31,36). The van der Waals surface area contributed by atoms with Crippen LogP contribution in [0.2, 0.25) is 5.02 Å². The van der Waals surface area contributed by atoms with Gasteiger partial charge in [0.15, 0.2) is 0 Å². The number of benzene rings is 3. The number of phenolic OH excluding ortho intramolecular Hbond substituents is 1. The number of amidine groups is 1. The number of urea groups is 1. The second-order valence-electron chi connectivity index (χ2n) is 8.93. The summed E-state index contributed by atoms with van der Waals surface area (Å²) in [6.45, 7) is 1.90. The van der Waals surface area contributed by atoms with Gasteiger partial charge in [0.25, 0.3) is 0 Å². The lowest BCUT2D eigenvalue weighted by molar-refractivity contribution is -0.120. The van der Waals surface area contributed by atoms with Crippen molar-refractivity contribution in [2.45, 2.75) is 19.0 Å². The SMILES string of the molecule is CN1CCN=C1c1ccc(NC(=O)C2Cc3cc(O)ccc3CN2C(=O)Nc2ccc(Cl)cc2)cc1. The van der Waals surface area contributed by atoms with Crippen LogP contribution in [-0.4, -0.2) is 58.9 Å². The maximum atomic E-state index is 13.4. The monoisotopic (exact) mass is 503 g/mol. The molecule has 3 N–H and O–H groups in total. The van der Waals surface area contributed by atoms with E-state index in [1.165, 1.54) is 4.90 Å². The number of likely N-dealkylation sites (N-methyl/N-ethyl adjacent to an activating group) is 1. The van der Waals surface area contributed by atoms with Crippen LogP contribution in [0.15, 0.2) is 71.7 Å². The van der Waals surface area contributed by atoms with Gasteiger partial charge in [0, 0.05) is 48.5 Å². The molecule has 8 nitrogen and oxygen atoms in total. The number of nitrogens with zero attached hydrogens (tertiary/aromatic N) is 3. The molecule has 2 heterocycles. The van der Waals surface area contributed by atoms with Crippen molar-refractivity contribution in [2.24, 2.45) is 4.99 Å². The van der Waals surface area contributed by atoms with Crippen LogP contribution in [0.4, 0.5) is 16.2 Å². The van der Waals surface area contributed by atoms with Gasteiger partial charge in [-0.15, -0.1) is 0 Å². The van der Waals surface area contributed by atoms with E-state index in [4.69, 9.17) is 11.6 Å². The van der Waals surface area contributed by atoms with E-state index in [1.807, 2.05) is 31.3 Å². The number of aromatic hydroxyl groups is 1. The Hall–Kier alpha value is -4.04. The van der Waals surface area contributed by atoms with Crippen molar-refractivity contribution in [1.29, 1.82) is 0 Å². The van der Waals surface area contributed by atoms with Crippen LogP contribution in [0.3, 0.4) is 0 Å². The van der Waals surface area contributed by atoms with Crippen molar-refractivity contribution in [2.75, 3.05) is 30.8 Å². The molecule has 1 atom stereocenters. The molecule has 2 aliphatic heterocycles. The predicted molar refractivity (Wildman–Crippen MR) is 141 cm³/mol. The highest BCUT2D eigenvalue weighted by atomic mass is 35.5. The molecular formula is C27H26ClN5O3. The van der Waals surface area contributed by atoms with E-state index >= 15 is 0 Å². The zero-order chi connectivity index (χ0) is 25.2. The Labute approximate surface area is 214 Å². The van der Waals surface area contributed by atoms with Gasteiger partial charge in [0.05, 0.1) is 6.54 Å². The van der Waals surface area contributed by atoms with Gasteiger partial charge in [-0.2, -0.15) is 0 Å². The van der Waals surface area contributed by atoms with Crippen LogP contribution in [0.1, 0.15) is 16.7 Å². The third kappa shape index (κ3) is 4.99. The Kier molecular flexibility index (Phi) is 6.52. The molecule has 0 saturated carbocycles. The first-order chi connectivity index (χ1) is 17.4. The minimum Gasteiger partial charge on any atom is -0.508 e. The molecule has 9 heteroatoms. The summed E-state index contributed by atoms with van der Waals surface area (Å²) in [4.78, 5) is 34.8. The fourth-order valence-corrected chi connectivity index (χ4v) is 4.64. The van der Waals surface area contributed by atoms with Gasteiger partial charge in [-0.1, -0.05) is 17.7 Å². The zero-order valence-corrected chi connectivity index (χ0v) is 20.5. The number of rotatable bonds is 4. The van der Waals surface area contributed by atoms with Crippen LogP contribution < -0.4 is 10.6 Å². The fourth-order valence-electron chi connectivity index (χ4n) is 4.52. The van der Waals surface area contributed by atoms with E-state index in [2.05, 4.69) is 20.5 Å². The van der Waals surface area contributed by atoms with Gasteiger partial charge in [0.1, 0.15) is 17.6 Å². The number of anilines is 2. The Bertz CT molecular complexity index is 1320. The average Bonchev–Trinajstić information content (AvgIpc) is 3.30. The van der Waals surface area contributed by atoms with Gasteiger partial charge in [-0.3, -0.25) is 9.79 Å². The van der Waals surface area contributed by atoms with Crippen LogP contribution in [0.25, 0.3) is 0 Å². The first kappa shape index (κ1) is 23.7. The number of carbonyl (C=O) groups is 2. The summed E-state index contributed by atoms with van der Waals surface area (Å²) in [6, 6.07) is 18.2. The van der Waals surface area contributed by atoms with E-state index < -0.39 is 12.1 Å². The molecule has 2 aliphatic rings. The lowest BCUT2D eigenvalue weighted by atomic mass is 9.93. The second kappa shape index (κ2) is 9.91. The first-order valence-electron chi connectivity index (χ1n) is 11.7. The van der Waals surface area contributed by atoms with Crippen molar-refractivity contribution in [1.82, 2.24) is 9.80 Å². The molecule has 3 aromatic rings. The van der Waals surface area contributed by atoms with Crippen LogP contribution in [0, 0.1) is 0 Å². The number of halogens is 1. The number of aliphatic imine (C=N–C) groups is 1.